The van der Waals surface area contributed by atoms with Gasteiger partial charge in [0.05, 0.1) is 6.10 Å². The SMILES string of the molecule is CCC(CCCC1CCCO1)CNC(C)C. The van der Waals surface area contributed by atoms with Crippen molar-refractivity contribution < 1.29 is 4.74 Å². The highest BCUT2D eigenvalue weighted by molar-refractivity contribution is 4.68. The lowest BCUT2D eigenvalue weighted by Crippen LogP contribution is -2.28. The van der Waals surface area contributed by atoms with E-state index in [0.29, 0.717) is 12.1 Å². The van der Waals surface area contributed by atoms with Gasteiger partial charge in [0.2, 0.25) is 0 Å². The Morgan fingerprint density at radius 2 is 2.19 bits per heavy atom. The minimum Gasteiger partial charge on any atom is -0.378 e. The van der Waals surface area contributed by atoms with Crippen molar-refractivity contribution >= 4 is 0 Å². The molecule has 1 aliphatic heterocycles. The molecule has 0 aliphatic carbocycles. The zero-order valence-corrected chi connectivity index (χ0v) is 11.3. The number of nitrogens with one attached hydrogen (secondary N) is 1. The van der Waals surface area contributed by atoms with Gasteiger partial charge in [-0.25, -0.2) is 0 Å². The Balaban J connectivity index is 2.03. The lowest BCUT2D eigenvalue weighted by Gasteiger charge is -2.18. The summed E-state index contributed by atoms with van der Waals surface area (Å²) < 4.78 is 5.65. The molecule has 1 saturated heterocycles. The third-order valence-corrected chi connectivity index (χ3v) is 3.55. The van der Waals surface area contributed by atoms with Crippen LogP contribution in [0.4, 0.5) is 0 Å². The number of ether oxygens (including phenoxy) is 1. The van der Waals surface area contributed by atoms with Gasteiger partial charge in [-0.2, -0.15) is 0 Å². The smallest absolute Gasteiger partial charge is 0.0576 e. The summed E-state index contributed by atoms with van der Waals surface area (Å²) in [6, 6.07) is 0.618. The van der Waals surface area contributed by atoms with E-state index in [-0.39, 0.29) is 0 Å². The van der Waals surface area contributed by atoms with Gasteiger partial charge in [0.1, 0.15) is 0 Å². The van der Waals surface area contributed by atoms with Gasteiger partial charge >= 0.3 is 0 Å². The van der Waals surface area contributed by atoms with Gasteiger partial charge in [-0.3, -0.25) is 0 Å². The second-order valence-corrected chi connectivity index (χ2v) is 5.40. The molecular formula is C14H29NO. The first-order valence-corrected chi connectivity index (χ1v) is 7.07. The summed E-state index contributed by atoms with van der Waals surface area (Å²) in [7, 11) is 0. The van der Waals surface area contributed by atoms with Crippen LogP contribution in [0.5, 0.6) is 0 Å². The van der Waals surface area contributed by atoms with Gasteiger partial charge in [-0.15, -0.1) is 0 Å². The zero-order chi connectivity index (χ0) is 11.8. The van der Waals surface area contributed by atoms with Crippen LogP contribution in [0.2, 0.25) is 0 Å². The number of hydrogen-bond acceptors (Lipinski definition) is 2. The molecule has 1 N–H and O–H groups in total. The van der Waals surface area contributed by atoms with Crippen molar-refractivity contribution in [3.63, 3.8) is 0 Å². The normalized spacial score (nSPS) is 22.9. The van der Waals surface area contributed by atoms with Crippen molar-refractivity contribution in [2.24, 2.45) is 5.92 Å². The van der Waals surface area contributed by atoms with E-state index in [4.69, 9.17) is 4.74 Å². The minimum atomic E-state index is 0.579. The van der Waals surface area contributed by atoms with Crippen molar-refractivity contribution in [3.8, 4) is 0 Å². The maximum Gasteiger partial charge on any atom is 0.0576 e. The molecule has 2 atom stereocenters. The standard InChI is InChI=1S/C14H29NO/c1-4-13(11-15-12(2)3)7-5-8-14-9-6-10-16-14/h12-15H,4-11H2,1-3H3. The highest BCUT2D eigenvalue weighted by Gasteiger charge is 2.15. The average molecular weight is 227 g/mol. The Kier molecular flexibility index (Phi) is 7.06. The second-order valence-electron chi connectivity index (χ2n) is 5.40. The van der Waals surface area contributed by atoms with Crippen molar-refractivity contribution in [1.29, 1.82) is 0 Å². The van der Waals surface area contributed by atoms with Crippen LogP contribution < -0.4 is 5.32 Å². The van der Waals surface area contributed by atoms with Gasteiger partial charge in [0.15, 0.2) is 0 Å². The third-order valence-electron chi connectivity index (χ3n) is 3.55. The summed E-state index contributed by atoms with van der Waals surface area (Å²) in [5.74, 6) is 0.851. The van der Waals surface area contributed by atoms with Crippen LogP contribution in [0, 0.1) is 5.92 Å². The van der Waals surface area contributed by atoms with Crippen LogP contribution >= 0.6 is 0 Å². The zero-order valence-electron chi connectivity index (χ0n) is 11.3. The number of rotatable bonds is 8. The third kappa shape index (κ3) is 5.86. The fourth-order valence-electron chi connectivity index (χ4n) is 2.36. The fraction of sp³-hybridized carbons (Fsp3) is 1.00. The molecule has 0 aromatic heterocycles. The van der Waals surface area contributed by atoms with E-state index in [9.17, 15) is 0 Å². The highest BCUT2D eigenvalue weighted by Crippen LogP contribution is 2.20. The lowest BCUT2D eigenvalue weighted by atomic mass is 9.97. The quantitative estimate of drug-likeness (QED) is 0.686. The first-order valence-electron chi connectivity index (χ1n) is 7.07. The summed E-state index contributed by atoms with van der Waals surface area (Å²) in [6.45, 7) is 8.92. The van der Waals surface area contributed by atoms with Crippen molar-refractivity contribution in [3.05, 3.63) is 0 Å². The Hall–Kier alpha value is -0.0800. The molecule has 0 saturated carbocycles. The molecule has 1 rings (SSSR count). The van der Waals surface area contributed by atoms with Crippen molar-refractivity contribution in [2.75, 3.05) is 13.2 Å². The van der Waals surface area contributed by atoms with Crippen LogP contribution in [-0.4, -0.2) is 25.3 Å². The number of hydrogen-bond donors (Lipinski definition) is 1. The molecule has 96 valence electrons. The van der Waals surface area contributed by atoms with Crippen molar-refractivity contribution in [1.82, 2.24) is 5.32 Å². The van der Waals surface area contributed by atoms with Crippen LogP contribution in [-0.2, 0) is 4.74 Å². The molecule has 1 fully saturated rings. The molecular weight excluding hydrogens is 198 g/mol. The molecule has 0 aromatic rings. The van der Waals surface area contributed by atoms with Crippen LogP contribution in [0.1, 0.15) is 59.3 Å². The Bertz CT molecular complexity index is 164. The maximum absolute atomic E-state index is 5.65. The largest absolute Gasteiger partial charge is 0.378 e. The lowest BCUT2D eigenvalue weighted by molar-refractivity contribution is 0.101. The fourth-order valence-corrected chi connectivity index (χ4v) is 2.36. The Labute approximate surface area is 101 Å². The van der Waals surface area contributed by atoms with Gasteiger partial charge in [0, 0.05) is 12.6 Å². The maximum atomic E-state index is 5.65. The van der Waals surface area contributed by atoms with Gasteiger partial charge in [-0.1, -0.05) is 33.6 Å². The summed E-state index contributed by atoms with van der Waals surface area (Å²) >= 11 is 0. The molecule has 2 nitrogen and oxygen atoms in total. The molecule has 1 heterocycles. The van der Waals surface area contributed by atoms with Gasteiger partial charge in [0.25, 0.3) is 0 Å². The second kappa shape index (κ2) is 8.08. The van der Waals surface area contributed by atoms with E-state index >= 15 is 0 Å². The molecule has 2 unspecified atom stereocenters. The summed E-state index contributed by atoms with van der Waals surface area (Å²) in [4.78, 5) is 0. The van der Waals surface area contributed by atoms with E-state index in [1.54, 1.807) is 0 Å². The van der Waals surface area contributed by atoms with E-state index in [1.165, 1.54) is 45.1 Å². The van der Waals surface area contributed by atoms with Gasteiger partial charge < -0.3 is 10.1 Å². The van der Waals surface area contributed by atoms with E-state index in [0.717, 1.165) is 12.5 Å². The predicted octanol–water partition coefficient (Wildman–Crippen LogP) is 3.36. The van der Waals surface area contributed by atoms with Crippen LogP contribution in [0.15, 0.2) is 0 Å². The van der Waals surface area contributed by atoms with Crippen LogP contribution in [0.3, 0.4) is 0 Å². The highest BCUT2D eigenvalue weighted by atomic mass is 16.5. The van der Waals surface area contributed by atoms with E-state index in [1.807, 2.05) is 0 Å². The predicted molar refractivity (Wildman–Crippen MR) is 69.7 cm³/mol. The molecule has 0 aromatic carbocycles. The average Bonchev–Trinajstić information content (AvgIpc) is 2.75. The minimum absolute atomic E-state index is 0.579. The first kappa shape index (κ1) is 14.0. The van der Waals surface area contributed by atoms with Crippen LogP contribution in [0.25, 0.3) is 0 Å². The summed E-state index contributed by atoms with van der Waals surface area (Å²) in [6.07, 6.45) is 8.41. The van der Waals surface area contributed by atoms with Crippen molar-refractivity contribution in [2.45, 2.75) is 71.4 Å². The molecule has 16 heavy (non-hydrogen) atoms. The first-order chi connectivity index (χ1) is 7.72. The summed E-state index contributed by atoms with van der Waals surface area (Å²) in [5.41, 5.74) is 0. The topological polar surface area (TPSA) is 21.3 Å². The molecule has 1 aliphatic rings. The monoisotopic (exact) mass is 227 g/mol. The molecule has 0 amide bonds. The molecule has 0 radical (unpaired) electrons. The summed E-state index contributed by atoms with van der Waals surface area (Å²) in [5, 5.41) is 3.54. The Morgan fingerprint density at radius 3 is 2.75 bits per heavy atom. The Morgan fingerprint density at radius 1 is 1.38 bits per heavy atom. The van der Waals surface area contributed by atoms with E-state index in [2.05, 4.69) is 26.1 Å². The molecule has 0 spiro atoms. The molecule has 2 heteroatoms. The van der Waals surface area contributed by atoms with E-state index < -0.39 is 0 Å². The molecule has 0 bridgehead atoms. The van der Waals surface area contributed by atoms with Gasteiger partial charge in [-0.05, 0) is 38.1 Å².